The van der Waals surface area contributed by atoms with Gasteiger partial charge in [-0.05, 0) is 53.0 Å². The van der Waals surface area contributed by atoms with Crippen LogP contribution in [0.25, 0.3) is 0 Å². The van der Waals surface area contributed by atoms with E-state index in [9.17, 15) is 9.59 Å². The molecular weight excluding hydrogens is 358 g/mol. The van der Waals surface area contributed by atoms with E-state index in [2.05, 4.69) is 20.5 Å². The molecule has 1 aliphatic heterocycles. The number of nitrogens with one attached hydrogen (secondary N) is 1. The molecule has 1 fully saturated rings. The van der Waals surface area contributed by atoms with E-state index in [1.54, 1.807) is 12.1 Å². The number of carbonyl (C=O) groups is 1. The van der Waals surface area contributed by atoms with E-state index >= 15 is 0 Å². The Labute approximate surface area is 164 Å². The minimum atomic E-state index is -0.0972. The third-order valence-electron chi connectivity index (χ3n) is 5.27. The zero-order valence-electron chi connectivity index (χ0n) is 17.1. The number of aryl methyl sites for hydroxylation is 2. The summed E-state index contributed by atoms with van der Waals surface area (Å²) in [6.45, 7) is 8.97. The summed E-state index contributed by atoms with van der Waals surface area (Å²) in [6, 6.07) is 3.52. The molecule has 0 aromatic carbocycles. The van der Waals surface area contributed by atoms with Crippen molar-refractivity contribution in [3.05, 3.63) is 39.5 Å². The van der Waals surface area contributed by atoms with Crippen molar-refractivity contribution in [3.63, 3.8) is 0 Å². The fourth-order valence-corrected chi connectivity index (χ4v) is 3.66. The topological polar surface area (TPSA) is 93.3 Å². The Kier molecular flexibility index (Phi) is 6.16. The Bertz CT molecular complexity index is 867. The molecule has 0 saturated carbocycles. The highest BCUT2D eigenvalue weighted by molar-refractivity contribution is 5.79. The van der Waals surface area contributed by atoms with Gasteiger partial charge >= 0.3 is 0 Å². The predicted octanol–water partition coefficient (Wildman–Crippen LogP) is 2.15. The number of carbonyl (C=O) groups excluding carboxylic acids is 1. The van der Waals surface area contributed by atoms with Crippen LogP contribution in [0.15, 0.2) is 21.5 Å². The van der Waals surface area contributed by atoms with Crippen molar-refractivity contribution >= 4 is 11.7 Å². The first-order valence-corrected chi connectivity index (χ1v) is 9.91. The molecule has 2 aromatic rings. The molecule has 28 heavy (non-hydrogen) atoms. The van der Waals surface area contributed by atoms with Gasteiger partial charge in [0.05, 0.1) is 18.2 Å². The first-order valence-electron chi connectivity index (χ1n) is 9.91. The molecule has 3 rings (SSSR count). The Morgan fingerprint density at radius 2 is 2.11 bits per heavy atom. The van der Waals surface area contributed by atoms with E-state index in [1.807, 2.05) is 27.7 Å². The number of amides is 1. The van der Waals surface area contributed by atoms with Crippen LogP contribution in [0.3, 0.4) is 0 Å². The van der Waals surface area contributed by atoms with E-state index < -0.39 is 0 Å². The lowest BCUT2D eigenvalue weighted by atomic mass is 10.0. The van der Waals surface area contributed by atoms with E-state index in [1.165, 1.54) is 4.68 Å². The first kappa shape index (κ1) is 20.1. The largest absolute Gasteiger partial charge is 0.361 e. The van der Waals surface area contributed by atoms with Gasteiger partial charge in [0, 0.05) is 30.8 Å². The van der Waals surface area contributed by atoms with Crippen LogP contribution in [0, 0.1) is 13.8 Å². The van der Waals surface area contributed by atoms with Crippen molar-refractivity contribution in [3.8, 4) is 0 Å². The van der Waals surface area contributed by atoms with Gasteiger partial charge in [-0.25, -0.2) is 4.68 Å². The third-order valence-corrected chi connectivity index (χ3v) is 5.27. The Hall–Kier alpha value is -2.64. The van der Waals surface area contributed by atoms with Crippen LogP contribution in [0.1, 0.15) is 56.2 Å². The maximum atomic E-state index is 12.4. The maximum Gasteiger partial charge on any atom is 0.267 e. The lowest BCUT2D eigenvalue weighted by molar-refractivity contribution is -0.120. The average molecular weight is 387 g/mol. The van der Waals surface area contributed by atoms with E-state index in [0.717, 1.165) is 42.9 Å². The summed E-state index contributed by atoms with van der Waals surface area (Å²) in [5.41, 5.74) is 1.51. The highest BCUT2D eigenvalue weighted by Gasteiger charge is 2.25. The van der Waals surface area contributed by atoms with Crippen molar-refractivity contribution in [1.29, 1.82) is 0 Å². The number of rotatable bonds is 6. The molecule has 1 unspecified atom stereocenters. The fraction of sp³-hybridized carbons (Fsp3) is 0.600. The molecule has 1 N–H and O–H groups in total. The Balaban J connectivity index is 1.68. The van der Waals surface area contributed by atoms with Crippen molar-refractivity contribution < 1.29 is 9.32 Å². The summed E-state index contributed by atoms with van der Waals surface area (Å²) in [5, 5.41) is 11.5. The second-order valence-corrected chi connectivity index (χ2v) is 7.69. The van der Waals surface area contributed by atoms with Crippen molar-refractivity contribution in [1.82, 2.24) is 20.3 Å². The van der Waals surface area contributed by atoms with Gasteiger partial charge in [-0.15, -0.1) is 0 Å². The Morgan fingerprint density at radius 1 is 1.32 bits per heavy atom. The van der Waals surface area contributed by atoms with Crippen LogP contribution in [0.4, 0.5) is 5.82 Å². The van der Waals surface area contributed by atoms with Gasteiger partial charge in [0.2, 0.25) is 5.91 Å². The van der Waals surface area contributed by atoms with Crippen molar-refractivity contribution in [2.75, 3.05) is 18.0 Å². The monoisotopic (exact) mass is 387 g/mol. The molecule has 1 atom stereocenters. The van der Waals surface area contributed by atoms with Gasteiger partial charge in [-0.3, -0.25) is 9.59 Å². The molecule has 0 radical (unpaired) electrons. The minimum absolute atomic E-state index is 0.00504. The molecule has 8 nitrogen and oxygen atoms in total. The molecule has 3 heterocycles. The molecule has 8 heteroatoms. The van der Waals surface area contributed by atoms with Gasteiger partial charge in [0.1, 0.15) is 11.6 Å². The lowest BCUT2D eigenvalue weighted by Crippen LogP contribution is -2.48. The zero-order valence-corrected chi connectivity index (χ0v) is 17.1. The molecule has 152 valence electrons. The number of aromatic nitrogens is 3. The lowest BCUT2D eigenvalue weighted by Gasteiger charge is -2.37. The summed E-state index contributed by atoms with van der Waals surface area (Å²) in [6.07, 6.45) is 3.44. The van der Waals surface area contributed by atoms with Crippen LogP contribution in [-0.4, -0.2) is 40.0 Å². The number of nitrogens with zero attached hydrogens (tertiary/aromatic N) is 4. The number of piperidine rings is 1. The standard InChI is InChI=1S/C20H29N5O3/c1-13(2)25-20(27)9-8-18(22-25)24-10-6-5-7-16(24)12-21-19(26)11-17-14(3)23-28-15(17)4/h8-9,13,16H,5-7,10-12H2,1-4H3,(H,21,26). The third kappa shape index (κ3) is 4.43. The zero-order chi connectivity index (χ0) is 20.3. The molecule has 1 saturated heterocycles. The SMILES string of the molecule is Cc1noc(C)c1CC(=O)NCC1CCCCN1c1ccc(=O)n(C(C)C)n1. The fourth-order valence-electron chi connectivity index (χ4n) is 3.66. The molecule has 0 aliphatic carbocycles. The van der Waals surface area contributed by atoms with Crippen LogP contribution >= 0.6 is 0 Å². The van der Waals surface area contributed by atoms with Gasteiger partial charge in [0.15, 0.2) is 0 Å². The van der Waals surface area contributed by atoms with Gasteiger partial charge in [-0.2, -0.15) is 5.10 Å². The summed E-state index contributed by atoms with van der Waals surface area (Å²) in [7, 11) is 0. The average Bonchev–Trinajstić information content (AvgIpc) is 2.99. The second kappa shape index (κ2) is 8.58. The Morgan fingerprint density at radius 3 is 2.79 bits per heavy atom. The summed E-state index contributed by atoms with van der Waals surface area (Å²) >= 11 is 0. The van der Waals surface area contributed by atoms with Crippen LogP contribution in [0.2, 0.25) is 0 Å². The molecular formula is C20H29N5O3. The molecule has 1 aliphatic rings. The molecule has 2 aromatic heterocycles. The van der Waals surface area contributed by atoms with Gasteiger partial charge < -0.3 is 14.7 Å². The predicted molar refractivity (Wildman–Crippen MR) is 107 cm³/mol. The van der Waals surface area contributed by atoms with Gasteiger partial charge in [0.25, 0.3) is 5.56 Å². The summed E-state index contributed by atoms with van der Waals surface area (Å²) < 4.78 is 6.64. The van der Waals surface area contributed by atoms with Gasteiger partial charge in [-0.1, -0.05) is 5.16 Å². The number of hydrogen-bond donors (Lipinski definition) is 1. The van der Waals surface area contributed by atoms with E-state index in [4.69, 9.17) is 4.52 Å². The highest BCUT2D eigenvalue weighted by atomic mass is 16.5. The maximum absolute atomic E-state index is 12.4. The van der Waals surface area contributed by atoms with Crippen LogP contribution < -0.4 is 15.8 Å². The normalized spacial score (nSPS) is 17.2. The summed E-state index contributed by atoms with van der Waals surface area (Å²) in [4.78, 5) is 26.6. The van der Waals surface area contributed by atoms with Crippen molar-refractivity contribution in [2.24, 2.45) is 0 Å². The number of anilines is 1. The number of hydrogen-bond acceptors (Lipinski definition) is 6. The first-order chi connectivity index (χ1) is 13.4. The molecule has 0 bridgehead atoms. The second-order valence-electron chi connectivity index (χ2n) is 7.69. The van der Waals surface area contributed by atoms with Crippen molar-refractivity contribution in [2.45, 2.75) is 65.5 Å². The van der Waals surface area contributed by atoms with Crippen LogP contribution in [0.5, 0.6) is 0 Å². The quantitative estimate of drug-likeness (QED) is 0.816. The van der Waals surface area contributed by atoms with E-state index in [0.29, 0.717) is 12.3 Å². The highest BCUT2D eigenvalue weighted by Crippen LogP contribution is 2.22. The van der Waals surface area contributed by atoms with Crippen LogP contribution in [-0.2, 0) is 11.2 Å². The summed E-state index contributed by atoms with van der Waals surface area (Å²) in [5.74, 6) is 1.44. The molecule has 1 amide bonds. The molecule has 0 spiro atoms. The smallest absolute Gasteiger partial charge is 0.267 e. The van der Waals surface area contributed by atoms with E-state index in [-0.39, 0.29) is 30.0 Å². The minimum Gasteiger partial charge on any atom is -0.361 e.